The van der Waals surface area contributed by atoms with Crippen LogP contribution in [0.2, 0.25) is 0 Å². The predicted octanol–water partition coefficient (Wildman–Crippen LogP) is -7.46. The fourth-order valence-electron chi connectivity index (χ4n) is 4.04. The number of ether oxygens (including phenoxy) is 4. The summed E-state index contributed by atoms with van der Waals surface area (Å²) in [5.74, 6) is 0. The van der Waals surface area contributed by atoms with Crippen molar-refractivity contribution in [1.82, 2.24) is 0 Å². The molecule has 3 heterocycles. The third-order valence-electron chi connectivity index (χ3n) is 6.29. The number of hydrogen-bond acceptors (Lipinski definition) is 18. The molecule has 0 saturated carbocycles. The highest BCUT2D eigenvalue weighted by molar-refractivity contribution is 7.47. The van der Waals surface area contributed by atoms with Gasteiger partial charge in [0, 0.05) is 0 Å². The van der Waals surface area contributed by atoms with Gasteiger partial charge in [0.2, 0.25) is 0 Å². The van der Waals surface area contributed by atoms with Gasteiger partial charge in [-0.25, -0.2) is 4.57 Å². The fraction of sp³-hybridized carbons (Fsp3) is 1.00. The van der Waals surface area contributed by atoms with Crippen LogP contribution in [-0.2, 0) is 32.6 Å². The third kappa shape index (κ3) is 6.86. The summed E-state index contributed by atoms with van der Waals surface area (Å²) < 4.78 is 42.3. The van der Waals surface area contributed by atoms with E-state index in [1.54, 1.807) is 0 Å². The number of phosphoric ester groups is 1. The molecule has 3 fully saturated rings. The van der Waals surface area contributed by atoms with E-state index in [0.717, 1.165) is 0 Å². The van der Waals surface area contributed by atoms with Gasteiger partial charge in [0.15, 0.2) is 18.9 Å². The van der Waals surface area contributed by atoms with Crippen LogP contribution in [0.4, 0.5) is 0 Å². The normalized spacial score (nSPS) is 49.9. The highest BCUT2D eigenvalue weighted by atomic mass is 31.2. The van der Waals surface area contributed by atoms with Crippen molar-refractivity contribution in [2.24, 2.45) is 0 Å². The second kappa shape index (κ2) is 13.0. The molecular weight excluding hydrogens is 551 g/mol. The topological polar surface area (TPSA) is 315 Å². The molecule has 2 unspecified atom stereocenters. The lowest BCUT2D eigenvalue weighted by Gasteiger charge is -2.45. The van der Waals surface area contributed by atoms with Gasteiger partial charge >= 0.3 is 7.82 Å². The first-order valence-corrected chi connectivity index (χ1v) is 12.8. The van der Waals surface area contributed by atoms with Crippen LogP contribution in [-0.4, -0.2) is 173 Å². The Balaban J connectivity index is 1.65. The predicted molar refractivity (Wildman–Crippen MR) is 112 cm³/mol. The molecule has 224 valence electrons. The summed E-state index contributed by atoms with van der Waals surface area (Å²) in [4.78, 5) is 10.0. The minimum atomic E-state index is -5.19. The minimum absolute atomic E-state index is 0.824. The summed E-state index contributed by atoms with van der Waals surface area (Å²) in [7, 11) is -5.19. The van der Waals surface area contributed by atoms with E-state index in [1.165, 1.54) is 0 Å². The highest BCUT2D eigenvalue weighted by Gasteiger charge is 2.51. The average Bonchev–Trinajstić information content (AvgIpc) is 2.88. The molecule has 0 spiro atoms. The van der Waals surface area contributed by atoms with E-state index in [-0.39, 0.29) is 0 Å². The molecule has 0 aromatic heterocycles. The van der Waals surface area contributed by atoms with Crippen LogP contribution < -0.4 is 0 Å². The van der Waals surface area contributed by atoms with Crippen molar-refractivity contribution >= 4 is 7.82 Å². The Hall–Kier alpha value is -0.490. The Morgan fingerprint density at radius 2 is 1.13 bits per heavy atom. The minimum Gasteiger partial charge on any atom is -0.394 e. The molecule has 38 heavy (non-hydrogen) atoms. The number of aliphatic hydroxyl groups is 11. The van der Waals surface area contributed by atoms with Crippen LogP contribution in [0.3, 0.4) is 0 Å². The Kier molecular flexibility index (Phi) is 11.0. The zero-order chi connectivity index (χ0) is 28.5. The van der Waals surface area contributed by atoms with Crippen molar-refractivity contribution in [3.8, 4) is 0 Å². The van der Waals surface area contributed by atoms with Gasteiger partial charge < -0.3 is 80.0 Å². The average molecular weight is 584 g/mol. The fourth-order valence-corrected chi connectivity index (χ4v) is 4.87. The van der Waals surface area contributed by atoms with Gasteiger partial charge in [-0.15, -0.1) is 0 Å². The first kappa shape index (κ1) is 32.0. The van der Waals surface area contributed by atoms with Crippen LogP contribution in [0.5, 0.6) is 0 Å². The first-order valence-electron chi connectivity index (χ1n) is 11.3. The van der Waals surface area contributed by atoms with Crippen LogP contribution >= 0.6 is 7.82 Å². The van der Waals surface area contributed by atoms with Gasteiger partial charge in [0.25, 0.3) is 0 Å². The molecule has 19 nitrogen and oxygen atoms in total. The maximum atomic E-state index is 12.4. The second-order valence-corrected chi connectivity index (χ2v) is 10.3. The summed E-state index contributed by atoms with van der Waals surface area (Å²) >= 11 is 0. The van der Waals surface area contributed by atoms with Gasteiger partial charge in [-0.1, -0.05) is 0 Å². The summed E-state index contributed by atoms with van der Waals surface area (Å²) in [5, 5.41) is 108. The molecule has 12 N–H and O–H groups in total. The lowest BCUT2D eigenvalue weighted by molar-refractivity contribution is -0.355. The number of aliphatic hydroxyl groups excluding tert-OH is 11. The Morgan fingerprint density at radius 3 is 1.71 bits per heavy atom. The second-order valence-electron chi connectivity index (χ2n) is 8.91. The van der Waals surface area contributed by atoms with Gasteiger partial charge in [-0.3, -0.25) is 9.05 Å². The standard InChI is InChI=1S/C18H33O19P/c19-1-4-7(21)9(23)14(28)18(34-4)37-38(30,31)32-3-6-8(22)10(24)13(27)17(35-6)36-15-5(2-20)33-16(29)12(26)11(15)25/h4-29H,1-3H2,(H,30,31)/t4-,5-,6-,7-,8+,9+,10+,11-,12+,13-,14+,15-,16?,17+,18-/m1/s1. The lowest BCUT2D eigenvalue weighted by atomic mass is 9.97. The third-order valence-corrected chi connectivity index (χ3v) is 7.24. The summed E-state index contributed by atoms with van der Waals surface area (Å²) in [6.07, 6.45) is -27.5. The first-order chi connectivity index (χ1) is 17.7. The SMILES string of the molecule is O=P(O)(OC[C@H]1O[C@@H](O[C@H]2[C@H](O)[C@H](O)C(O)O[C@@H]2CO)[C@H](O)[C@@H](O)[C@H]1O)O[C@H]1O[C@H](CO)[C@@H](O)[C@H](O)[C@@H]1O. The zero-order valence-corrected chi connectivity index (χ0v) is 20.3. The molecule has 3 saturated heterocycles. The van der Waals surface area contributed by atoms with Crippen molar-refractivity contribution in [2.75, 3.05) is 19.8 Å². The zero-order valence-electron chi connectivity index (χ0n) is 19.5. The molecule has 0 aromatic carbocycles. The van der Waals surface area contributed by atoms with Crippen molar-refractivity contribution in [2.45, 2.75) is 92.1 Å². The van der Waals surface area contributed by atoms with Crippen LogP contribution in [0.25, 0.3) is 0 Å². The van der Waals surface area contributed by atoms with E-state index >= 15 is 0 Å². The maximum absolute atomic E-state index is 12.4. The quantitative estimate of drug-likeness (QED) is 0.112. The van der Waals surface area contributed by atoms with Crippen LogP contribution in [0.1, 0.15) is 0 Å². The van der Waals surface area contributed by atoms with Gasteiger partial charge in [0.1, 0.15) is 73.2 Å². The van der Waals surface area contributed by atoms with E-state index in [0.29, 0.717) is 0 Å². The lowest BCUT2D eigenvalue weighted by Crippen LogP contribution is -2.64. The monoisotopic (exact) mass is 584 g/mol. The van der Waals surface area contributed by atoms with Crippen molar-refractivity contribution in [3.05, 3.63) is 0 Å². The molecule has 3 aliphatic rings. The maximum Gasteiger partial charge on any atom is 0.474 e. The summed E-state index contributed by atoms with van der Waals surface area (Å²) in [6, 6.07) is 0. The molecular formula is C18H33O19P. The van der Waals surface area contributed by atoms with E-state index < -0.39 is 120 Å². The van der Waals surface area contributed by atoms with E-state index in [9.17, 15) is 65.6 Å². The van der Waals surface area contributed by atoms with Crippen molar-refractivity contribution < 1.29 is 93.6 Å². The number of phosphoric acid groups is 1. The van der Waals surface area contributed by atoms with Crippen molar-refractivity contribution in [3.63, 3.8) is 0 Å². The Bertz CT molecular complexity index is 802. The van der Waals surface area contributed by atoms with Gasteiger partial charge in [-0.2, -0.15) is 0 Å². The molecule has 0 bridgehead atoms. The molecule has 16 atom stereocenters. The molecule has 0 amide bonds. The van der Waals surface area contributed by atoms with E-state index in [4.69, 9.17) is 23.5 Å². The Labute approximate surface area is 214 Å². The molecule has 0 aliphatic carbocycles. The number of hydrogen-bond donors (Lipinski definition) is 12. The molecule has 0 aromatic rings. The highest BCUT2D eigenvalue weighted by Crippen LogP contribution is 2.47. The number of rotatable bonds is 9. The van der Waals surface area contributed by atoms with E-state index in [1.807, 2.05) is 0 Å². The molecule has 0 radical (unpaired) electrons. The van der Waals surface area contributed by atoms with Crippen molar-refractivity contribution in [1.29, 1.82) is 0 Å². The van der Waals surface area contributed by atoms with Gasteiger partial charge in [0.05, 0.1) is 19.8 Å². The largest absolute Gasteiger partial charge is 0.474 e. The molecule has 20 heteroatoms. The summed E-state index contributed by atoms with van der Waals surface area (Å²) in [6.45, 7) is -2.70. The van der Waals surface area contributed by atoms with Crippen LogP contribution in [0, 0.1) is 0 Å². The molecule has 3 aliphatic heterocycles. The van der Waals surface area contributed by atoms with E-state index in [2.05, 4.69) is 4.52 Å². The van der Waals surface area contributed by atoms with Crippen LogP contribution in [0.15, 0.2) is 0 Å². The van der Waals surface area contributed by atoms with Gasteiger partial charge in [-0.05, 0) is 0 Å². The Morgan fingerprint density at radius 1 is 0.605 bits per heavy atom. The smallest absolute Gasteiger partial charge is 0.394 e. The summed E-state index contributed by atoms with van der Waals surface area (Å²) in [5.41, 5.74) is 0. The molecule has 3 rings (SSSR count).